The van der Waals surface area contributed by atoms with Crippen molar-refractivity contribution in [3.8, 4) is 5.75 Å². The Bertz CT molecular complexity index is 360. The molecule has 1 aromatic carbocycles. The lowest BCUT2D eigenvalue weighted by Crippen LogP contribution is -2.26. The lowest BCUT2D eigenvalue weighted by atomic mass is 10.2. The van der Waals surface area contributed by atoms with Gasteiger partial charge in [0.25, 0.3) is 0 Å². The highest BCUT2D eigenvalue weighted by molar-refractivity contribution is 5.70. The number of rotatable bonds is 7. The fraction of sp³-hybridized carbons (Fsp3) is 0.462. The third-order valence-electron chi connectivity index (χ3n) is 2.55. The smallest absolute Gasteiger partial charge is 0.308 e. The fourth-order valence-electron chi connectivity index (χ4n) is 1.39. The summed E-state index contributed by atoms with van der Waals surface area (Å²) < 4.78 is 15.2. The van der Waals surface area contributed by atoms with E-state index in [-0.39, 0.29) is 25.1 Å². The van der Waals surface area contributed by atoms with Gasteiger partial charge in [-0.15, -0.1) is 0 Å². The third-order valence-corrected chi connectivity index (χ3v) is 2.55. The molecule has 18 heavy (non-hydrogen) atoms. The highest BCUT2D eigenvalue weighted by Gasteiger charge is 2.12. The Kier molecular flexibility index (Phi) is 6.18. The van der Waals surface area contributed by atoms with Crippen molar-refractivity contribution in [1.82, 2.24) is 0 Å². The maximum atomic E-state index is 11.5. The second-order valence-electron chi connectivity index (χ2n) is 3.81. The van der Waals surface area contributed by atoms with E-state index in [1.165, 1.54) is 7.11 Å². The largest absolute Gasteiger partial charge is 0.497 e. The van der Waals surface area contributed by atoms with Crippen molar-refractivity contribution in [2.24, 2.45) is 5.73 Å². The van der Waals surface area contributed by atoms with Gasteiger partial charge >= 0.3 is 5.97 Å². The molecule has 0 aromatic heterocycles. The summed E-state index contributed by atoms with van der Waals surface area (Å²) in [5, 5.41) is 0. The van der Waals surface area contributed by atoms with Crippen LogP contribution in [0.3, 0.4) is 0 Å². The number of carbonyl (C=O) groups excluding carboxylic acids is 1. The van der Waals surface area contributed by atoms with Crippen molar-refractivity contribution in [2.75, 3.05) is 20.8 Å². The average Bonchev–Trinajstić information content (AvgIpc) is 2.43. The molecule has 0 fully saturated rings. The molecule has 1 rings (SSSR count). The predicted molar refractivity (Wildman–Crippen MR) is 67.3 cm³/mol. The molecule has 0 aliphatic carbocycles. The molecular weight excluding hydrogens is 234 g/mol. The van der Waals surface area contributed by atoms with E-state index in [4.69, 9.17) is 19.9 Å². The minimum atomic E-state index is -0.317. The first kappa shape index (κ1) is 14.5. The second kappa shape index (κ2) is 7.68. The number of carbonyl (C=O) groups is 1. The molecule has 1 atom stereocenters. The van der Waals surface area contributed by atoms with Crippen molar-refractivity contribution in [3.63, 3.8) is 0 Å². The minimum Gasteiger partial charge on any atom is -0.497 e. The molecule has 0 radical (unpaired) electrons. The zero-order chi connectivity index (χ0) is 13.4. The van der Waals surface area contributed by atoms with Crippen molar-refractivity contribution >= 4 is 5.97 Å². The molecule has 1 aromatic rings. The lowest BCUT2D eigenvalue weighted by Gasteiger charge is -2.12. The van der Waals surface area contributed by atoms with E-state index in [2.05, 4.69) is 0 Å². The van der Waals surface area contributed by atoms with E-state index < -0.39 is 0 Å². The first-order valence-electron chi connectivity index (χ1n) is 5.71. The van der Waals surface area contributed by atoms with Crippen LogP contribution in [0.1, 0.15) is 12.0 Å². The molecule has 0 amide bonds. The number of benzene rings is 1. The summed E-state index contributed by atoms with van der Waals surface area (Å²) in [5.74, 6) is 0.454. The normalized spacial score (nSPS) is 11.9. The summed E-state index contributed by atoms with van der Waals surface area (Å²) in [6.07, 6.45) is -0.114. The van der Waals surface area contributed by atoms with Crippen LogP contribution in [0.2, 0.25) is 0 Å². The van der Waals surface area contributed by atoms with Crippen molar-refractivity contribution in [1.29, 1.82) is 0 Å². The average molecular weight is 253 g/mol. The molecule has 0 aliphatic heterocycles. The number of methoxy groups -OCH3 is 2. The molecular formula is C13H19NO4. The van der Waals surface area contributed by atoms with Crippen LogP contribution >= 0.6 is 0 Å². The monoisotopic (exact) mass is 253 g/mol. The SMILES string of the molecule is COc1ccc(COC(=O)CC(CN)OC)cc1. The summed E-state index contributed by atoms with van der Waals surface area (Å²) in [6, 6.07) is 7.34. The molecule has 0 aliphatic rings. The van der Waals surface area contributed by atoms with Gasteiger partial charge in [-0.2, -0.15) is 0 Å². The Morgan fingerprint density at radius 1 is 1.28 bits per heavy atom. The van der Waals surface area contributed by atoms with E-state index in [9.17, 15) is 4.79 Å². The molecule has 5 heteroatoms. The number of nitrogens with two attached hydrogens (primary N) is 1. The molecule has 0 saturated carbocycles. The Hall–Kier alpha value is -1.59. The summed E-state index contributed by atoms with van der Waals surface area (Å²) in [4.78, 5) is 11.5. The van der Waals surface area contributed by atoms with Gasteiger partial charge in [0.15, 0.2) is 0 Å². The van der Waals surface area contributed by atoms with E-state index in [0.29, 0.717) is 6.54 Å². The standard InChI is InChI=1S/C13H19NO4/c1-16-11-5-3-10(4-6-11)9-18-13(15)7-12(8-14)17-2/h3-6,12H,7-9,14H2,1-2H3. The number of esters is 1. The summed E-state index contributed by atoms with van der Waals surface area (Å²) in [6.45, 7) is 0.540. The van der Waals surface area contributed by atoms with Crippen LogP contribution in [0.4, 0.5) is 0 Å². The Morgan fingerprint density at radius 3 is 2.44 bits per heavy atom. The molecule has 2 N–H and O–H groups in total. The van der Waals surface area contributed by atoms with Crippen LogP contribution in [0.15, 0.2) is 24.3 Å². The highest BCUT2D eigenvalue weighted by atomic mass is 16.5. The van der Waals surface area contributed by atoms with Gasteiger partial charge in [0, 0.05) is 13.7 Å². The van der Waals surface area contributed by atoms with Crippen LogP contribution < -0.4 is 10.5 Å². The highest BCUT2D eigenvalue weighted by Crippen LogP contribution is 2.12. The van der Waals surface area contributed by atoms with Crippen molar-refractivity contribution in [2.45, 2.75) is 19.1 Å². The summed E-state index contributed by atoms with van der Waals surface area (Å²) >= 11 is 0. The molecule has 1 unspecified atom stereocenters. The van der Waals surface area contributed by atoms with Gasteiger partial charge < -0.3 is 19.9 Å². The van der Waals surface area contributed by atoms with Gasteiger partial charge in [0.2, 0.25) is 0 Å². The van der Waals surface area contributed by atoms with Crippen molar-refractivity contribution < 1.29 is 19.0 Å². The maximum Gasteiger partial charge on any atom is 0.308 e. The van der Waals surface area contributed by atoms with Crippen LogP contribution in [0.25, 0.3) is 0 Å². The van der Waals surface area contributed by atoms with E-state index in [0.717, 1.165) is 11.3 Å². The van der Waals surface area contributed by atoms with Gasteiger partial charge in [-0.25, -0.2) is 0 Å². The van der Waals surface area contributed by atoms with E-state index in [1.807, 2.05) is 24.3 Å². The first-order chi connectivity index (χ1) is 8.69. The van der Waals surface area contributed by atoms with E-state index >= 15 is 0 Å². The topological polar surface area (TPSA) is 70.8 Å². The van der Waals surface area contributed by atoms with Gasteiger partial charge in [-0.05, 0) is 17.7 Å². The predicted octanol–water partition coefficient (Wildman–Crippen LogP) is 1.10. The molecule has 0 bridgehead atoms. The van der Waals surface area contributed by atoms with Gasteiger partial charge in [0.05, 0.1) is 19.6 Å². The molecule has 100 valence electrons. The number of hydrogen-bond acceptors (Lipinski definition) is 5. The zero-order valence-electron chi connectivity index (χ0n) is 10.7. The van der Waals surface area contributed by atoms with Crippen LogP contribution in [0.5, 0.6) is 5.75 Å². The molecule has 0 saturated heterocycles. The minimum absolute atomic E-state index is 0.170. The van der Waals surface area contributed by atoms with Gasteiger partial charge in [-0.3, -0.25) is 4.79 Å². The second-order valence-corrected chi connectivity index (χ2v) is 3.81. The first-order valence-corrected chi connectivity index (χ1v) is 5.71. The Morgan fingerprint density at radius 2 is 1.94 bits per heavy atom. The van der Waals surface area contributed by atoms with Crippen LogP contribution in [-0.2, 0) is 20.9 Å². The van der Waals surface area contributed by atoms with Crippen LogP contribution in [-0.4, -0.2) is 32.8 Å². The number of ether oxygens (including phenoxy) is 3. The quantitative estimate of drug-likeness (QED) is 0.737. The van der Waals surface area contributed by atoms with E-state index in [1.54, 1.807) is 7.11 Å². The van der Waals surface area contributed by atoms with Gasteiger partial charge in [0.1, 0.15) is 12.4 Å². The van der Waals surface area contributed by atoms with Gasteiger partial charge in [-0.1, -0.05) is 12.1 Å². The van der Waals surface area contributed by atoms with Crippen LogP contribution in [0, 0.1) is 0 Å². The molecule has 5 nitrogen and oxygen atoms in total. The summed E-state index contributed by atoms with van der Waals surface area (Å²) in [5.41, 5.74) is 6.33. The molecule has 0 spiro atoms. The zero-order valence-corrected chi connectivity index (χ0v) is 10.7. The van der Waals surface area contributed by atoms with Crippen molar-refractivity contribution in [3.05, 3.63) is 29.8 Å². The lowest BCUT2D eigenvalue weighted by molar-refractivity contribution is -0.147. The summed E-state index contributed by atoms with van der Waals surface area (Å²) in [7, 11) is 3.13. The molecule has 0 heterocycles. The number of hydrogen-bond donors (Lipinski definition) is 1. The third kappa shape index (κ3) is 4.73. The maximum absolute atomic E-state index is 11.5. The Balaban J connectivity index is 2.37. The fourth-order valence-corrected chi connectivity index (χ4v) is 1.39. The Labute approximate surface area is 107 Å².